The zero-order chi connectivity index (χ0) is 16.2. The molecule has 0 unspecified atom stereocenters. The summed E-state index contributed by atoms with van der Waals surface area (Å²) in [6.45, 7) is -0.233. The summed E-state index contributed by atoms with van der Waals surface area (Å²) >= 11 is 0. The minimum Gasteiger partial charge on any atom is -0.497 e. The summed E-state index contributed by atoms with van der Waals surface area (Å²) < 4.78 is 30.9. The number of hydrogen-bond donors (Lipinski definition) is 0. The van der Waals surface area contributed by atoms with Crippen LogP contribution >= 0.6 is 0 Å². The van der Waals surface area contributed by atoms with Crippen LogP contribution in [-0.4, -0.2) is 64.8 Å². The fraction of sp³-hybridized carbons (Fsp3) is 0.462. The number of nitrogens with zero attached hydrogens (tertiary/aromatic N) is 3. The third-order valence-electron chi connectivity index (χ3n) is 3.05. The highest BCUT2D eigenvalue weighted by Crippen LogP contribution is 2.18. The molecule has 0 spiro atoms. The standard InChI is InChI=1S/C13H21N3O4S/c1-14(2)21(18,19)15(3)10-13(17)16(4)11-6-8-12(20-5)9-7-11/h6-9H,10H2,1-5H3. The lowest BCUT2D eigenvalue weighted by molar-refractivity contribution is -0.118. The zero-order valence-corrected chi connectivity index (χ0v) is 13.7. The zero-order valence-electron chi connectivity index (χ0n) is 12.9. The molecule has 0 heterocycles. The van der Waals surface area contributed by atoms with Crippen molar-refractivity contribution < 1.29 is 17.9 Å². The van der Waals surface area contributed by atoms with Gasteiger partial charge < -0.3 is 9.64 Å². The maximum absolute atomic E-state index is 12.1. The molecule has 1 aromatic carbocycles. The van der Waals surface area contributed by atoms with Gasteiger partial charge in [-0.15, -0.1) is 0 Å². The van der Waals surface area contributed by atoms with Crippen molar-refractivity contribution in [2.24, 2.45) is 0 Å². The van der Waals surface area contributed by atoms with Crippen LogP contribution in [0.5, 0.6) is 5.75 Å². The topological polar surface area (TPSA) is 70.2 Å². The lowest BCUT2D eigenvalue weighted by atomic mass is 10.3. The maximum Gasteiger partial charge on any atom is 0.281 e. The van der Waals surface area contributed by atoms with Crippen molar-refractivity contribution in [2.45, 2.75) is 0 Å². The van der Waals surface area contributed by atoms with Gasteiger partial charge in [0.25, 0.3) is 10.2 Å². The molecule has 0 aliphatic carbocycles. The first-order valence-electron chi connectivity index (χ1n) is 6.24. The van der Waals surface area contributed by atoms with Gasteiger partial charge in [-0.1, -0.05) is 0 Å². The smallest absolute Gasteiger partial charge is 0.281 e. The molecule has 0 aliphatic heterocycles. The Balaban J connectivity index is 2.79. The summed E-state index contributed by atoms with van der Waals surface area (Å²) in [5, 5.41) is 0. The second-order valence-corrected chi connectivity index (χ2v) is 6.95. The van der Waals surface area contributed by atoms with Crippen molar-refractivity contribution in [2.75, 3.05) is 46.7 Å². The highest BCUT2D eigenvalue weighted by molar-refractivity contribution is 7.86. The third-order valence-corrected chi connectivity index (χ3v) is 4.89. The van der Waals surface area contributed by atoms with Gasteiger partial charge in [0, 0.05) is 33.9 Å². The summed E-state index contributed by atoms with van der Waals surface area (Å²) in [5.41, 5.74) is 0.663. The lowest BCUT2D eigenvalue weighted by Gasteiger charge is -2.24. The summed E-state index contributed by atoms with van der Waals surface area (Å²) in [4.78, 5) is 13.6. The molecule has 0 aromatic heterocycles. The molecule has 0 atom stereocenters. The van der Waals surface area contributed by atoms with E-state index >= 15 is 0 Å². The Morgan fingerprint density at radius 3 is 2.05 bits per heavy atom. The maximum atomic E-state index is 12.1. The molecule has 0 radical (unpaired) electrons. The van der Waals surface area contributed by atoms with Gasteiger partial charge >= 0.3 is 0 Å². The van der Waals surface area contributed by atoms with Crippen molar-refractivity contribution in [1.29, 1.82) is 0 Å². The van der Waals surface area contributed by atoms with E-state index in [4.69, 9.17) is 4.74 Å². The number of carbonyl (C=O) groups is 1. The molecule has 118 valence electrons. The van der Waals surface area contributed by atoms with E-state index in [1.54, 1.807) is 38.4 Å². The third kappa shape index (κ3) is 4.16. The summed E-state index contributed by atoms with van der Waals surface area (Å²) in [5.74, 6) is 0.361. The molecule has 0 aliphatic rings. The molecule has 21 heavy (non-hydrogen) atoms. The molecule has 0 saturated heterocycles. The minimum atomic E-state index is -3.60. The number of carbonyl (C=O) groups excluding carboxylic acids is 1. The molecule has 1 aromatic rings. The average Bonchev–Trinajstić information content (AvgIpc) is 2.46. The van der Waals surface area contributed by atoms with E-state index in [0.29, 0.717) is 11.4 Å². The molecule has 0 fully saturated rings. The minimum absolute atomic E-state index is 0.233. The van der Waals surface area contributed by atoms with Crippen LogP contribution in [0.4, 0.5) is 5.69 Å². The van der Waals surface area contributed by atoms with Crippen molar-refractivity contribution >= 4 is 21.8 Å². The van der Waals surface area contributed by atoms with Crippen LogP contribution in [-0.2, 0) is 15.0 Å². The number of likely N-dealkylation sites (N-methyl/N-ethyl adjacent to an activating group) is 2. The van der Waals surface area contributed by atoms with Crippen molar-refractivity contribution in [1.82, 2.24) is 8.61 Å². The van der Waals surface area contributed by atoms with Crippen LogP contribution in [0.15, 0.2) is 24.3 Å². The van der Waals surface area contributed by atoms with Crippen LogP contribution in [0.1, 0.15) is 0 Å². The van der Waals surface area contributed by atoms with E-state index in [1.165, 1.54) is 26.0 Å². The Labute approximate surface area is 125 Å². The molecule has 1 amide bonds. The molecule has 0 bridgehead atoms. The molecule has 0 saturated carbocycles. The number of rotatable bonds is 6. The van der Waals surface area contributed by atoms with Gasteiger partial charge in [0.15, 0.2) is 0 Å². The number of ether oxygens (including phenoxy) is 1. The summed E-state index contributed by atoms with van der Waals surface area (Å²) in [7, 11) is 3.77. The van der Waals surface area contributed by atoms with Gasteiger partial charge in [-0.3, -0.25) is 4.79 Å². The van der Waals surface area contributed by atoms with Crippen LogP contribution in [0.25, 0.3) is 0 Å². The van der Waals surface area contributed by atoms with E-state index in [2.05, 4.69) is 0 Å². The van der Waals surface area contributed by atoms with Gasteiger partial charge in [0.1, 0.15) is 5.75 Å². The molecule has 1 rings (SSSR count). The van der Waals surface area contributed by atoms with Crippen LogP contribution in [0, 0.1) is 0 Å². The van der Waals surface area contributed by atoms with Gasteiger partial charge in [-0.05, 0) is 24.3 Å². The predicted octanol–water partition coefficient (Wildman–Crippen LogP) is 0.396. The molecular weight excluding hydrogens is 294 g/mol. The molecule has 0 N–H and O–H groups in total. The van der Waals surface area contributed by atoms with E-state index in [9.17, 15) is 13.2 Å². The predicted molar refractivity (Wildman–Crippen MR) is 81.6 cm³/mol. The van der Waals surface area contributed by atoms with Crippen LogP contribution < -0.4 is 9.64 Å². The van der Waals surface area contributed by atoms with Crippen molar-refractivity contribution in [3.63, 3.8) is 0 Å². The first-order chi connectivity index (χ1) is 9.70. The Morgan fingerprint density at radius 1 is 1.10 bits per heavy atom. The Bertz CT molecular complexity index is 584. The monoisotopic (exact) mass is 315 g/mol. The fourth-order valence-electron chi connectivity index (χ4n) is 1.61. The van der Waals surface area contributed by atoms with Crippen molar-refractivity contribution in [3.05, 3.63) is 24.3 Å². The largest absolute Gasteiger partial charge is 0.497 e. The van der Waals surface area contributed by atoms with E-state index in [1.807, 2.05) is 0 Å². The molecular formula is C13H21N3O4S. The summed E-state index contributed by atoms with van der Waals surface area (Å²) in [6.07, 6.45) is 0. The van der Waals surface area contributed by atoms with E-state index in [-0.39, 0.29) is 12.5 Å². The normalized spacial score (nSPS) is 11.8. The number of amides is 1. The SMILES string of the molecule is COc1ccc(N(C)C(=O)CN(C)S(=O)(=O)N(C)C)cc1. The number of methoxy groups -OCH3 is 1. The first-order valence-corrected chi connectivity index (χ1v) is 7.64. The Hall–Kier alpha value is -1.64. The van der Waals surface area contributed by atoms with Gasteiger partial charge in [0.05, 0.1) is 13.7 Å². The Kier molecular flexibility index (Phi) is 5.70. The highest BCUT2D eigenvalue weighted by Gasteiger charge is 2.24. The van der Waals surface area contributed by atoms with E-state index < -0.39 is 10.2 Å². The second kappa shape index (κ2) is 6.88. The highest BCUT2D eigenvalue weighted by atomic mass is 32.2. The van der Waals surface area contributed by atoms with Gasteiger partial charge in [-0.25, -0.2) is 0 Å². The van der Waals surface area contributed by atoms with Gasteiger partial charge in [-0.2, -0.15) is 17.0 Å². The van der Waals surface area contributed by atoms with Crippen LogP contribution in [0.2, 0.25) is 0 Å². The first kappa shape index (κ1) is 17.4. The fourth-order valence-corrected chi connectivity index (χ4v) is 2.44. The quantitative estimate of drug-likeness (QED) is 0.762. The number of benzene rings is 1. The molecule has 7 nitrogen and oxygen atoms in total. The summed E-state index contributed by atoms with van der Waals surface area (Å²) in [6, 6.07) is 6.94. The Morgan fingerprint density at radius 2 is 1.62 bits per heavy atom. The second-order valence-electron chi connectivity index (χ2n) is 4.70. The lowest BCUT2D eigenvalue weighted by Crippen LogP contribution is -2.43. The van der Waals surface area contributed by atoms with Crippen LogP contribution in [0.3, 0.4) is 0 Å². The molecule has 8 heteroatoms. The van der Waals surface area contributed by atoms with Crippen molar-refractivity contribution in [3.8, 4) is 5.75 Å². The van der Waals surface area contributed by atoms with E-state index in [0.717, 1.165) is 8.61 Å². The van der Waals surface area contributed by atoms with Gasteiger partial charge in [0.2, 0.25) is 5.91 Å². The number of hydrogen-bond acceptors (Lipinski definition) is 4. The average molecular weight is 315 g/mol. The number of anilines is 1.